The summed E-state index contributed by atoms with van der Waals surface area (Å²) in [6.07, 6.45) is -0.498. The number of ether oxygens (including phenoxy) is 2. The van der Waals surface area contributed by atoms with Crippen LogP contribution in [0.3, 0.4) is 0 Å². The first-order chi connectivity index (χ1) is 13.6. The van der Waals surface area contributed by atoms with Crippen molar-refractivity contribution in [2.45, 2.75) is 37.9 Å². The van der Waals surface area contributed by atoms with Gasteiger partial charge in [0.25, 0.3) is 0 Å². The van der Waals surface area contributed by atoms with E-state index in [2.05, 4.69) is 0 Å². The molecule has 0 bridgehead atoms. The summed E-state index contributed by atoms with van der Waals surface area (Å²) in [5, 5.41) is 8.91. The molecule has 0 radical (unpaired) electrons. The van der Waals surface area contributed by atoms with Crippen LogP contribution in [0, 0.1) is 11.3 Å². The number of carbonyl (C=O) groups excluding carboxylic acids is 2. The first-order valence-electron chi connectivity index (χ1n) is 8.88. The van der Waals surface area contributed by atoms with E-state index in [1.807, 2.05) is 0 Å². The number of nitriles is 1. The Kier molecular flexibility index (Phi) is 7.13. The van der Waals surface area contributed by atoms with Crippen molar-refractivity contribution in [2.75, 3.05) is 19.7 Å². The van der Waals surface area contributed by atoms with Crippen molar-refractivity contribution < 1.29 is 27.5 Å². The molecule has 0 aliphatic carbocycles. The second-order valence-electron chi connectivity index (χ2n) is 6.78. The zero-order chi connectivity index (χ0) is 21.8. The minimum absolute atomic E-state index is 0.0237. The molecule has 0 unspecified atom stereocenters. The maximum atomic E-state index is 12.9. The maximum Gasteiger partial charge on any atom is 0.338 e. The minimum Gasteiger partial charge on any atom is -0.454 e. The van der Waals surface area contributed by atoms with E-state index in [0.717, 1.165) is 0 Å². The highest BCUT2D eigenvalue weighted by Gasteiger charge is 2.32. The number of hydrogen-bond acceptors (Lipinski definition) is 8. The van der Waals surface area contributed by atoms with Crippen LogP contribution in [0.4, 0.5) is 0 Å². The van der Waals surface area contributed by atoms with Crippen LogP contribution >= 0.6 is 0 Å². The number of morpholine rings is 1. The van der Waals surface area contributed by atoms with Gasteiger partial charge in [-0.3, -0.25) is 4.79 Å². The van der Waals surface area contributed by atoms with Gasteiger partial charge >= 0.3 is 5.97 Å². The molecule has 2 atom stereocenters. The second-order valence-corrected chi connectivity index (χ2v) is 8.71. The molecule has 0 aromatic heterocycles. The summed E-state index contributed by atoms with van der Waals surface area (Å²) in [4.78, 5) is 24.1. The predicted molar refractivity (Wildman–Crippen MR) is 103 cm³/mol. The lowest BCUT2D eigenvalue weighted by molar-refractivity contribution is -0.118. The van der Waals surface area contributed by atoms with Gasteiger partial charge in [-0.15, -0.1) is 0 Å². The molecule has 2 N–H and O–H groups in total. The van der Waals surface area contributed by atoms with Crippen molar-refractivity contribution >= 4 is 21.8 Å². The average molecular weight is 421 g/mol. The largest absolute Gasteiger partial charge is 0.454 e. The summed E-state index contributed by atoms with van der Waals surface area (Å²) in [6, 6.07) is 7.04. The number of sulfonamides is 1. The van der Waals surface area contributed by atoms with E-state index in [-0.39, 0.29) is 47.0 Å². The zero-order valence-electron chi connectivity index (χ0n) is 16.4. The van der Waals surface area contributed by atoms with Gasteiger partial charge in [-0.2, -0.15) is 9.57 Å². The Balaban J connectivity index is 2.16. The summed E-state index contributed by atoms with van der Waals surface area (Å²) < 4.78 is 37.6. The van der Waals surface area contributed by atoms with Gasteiger partial charge in [-0.25, -0.2) is 13.2 Å². The number of carbonyl (C=O) groups is 2. The van der Waals surface area contributed by atoms with Crippen LogP contribution in [-0.2, 0) is 24.3 Å². The van der Waals surface area contributed by atoms with Crippen LogP contribution in [0.15, 0.2) is 40.4 Å². The van der Waals surface area contributed by atoms with Crippen molar-refractivity contribution in [3.05, 3.63) is 41.1 Å². The summed E-state index contributed by atoms with van der Waals surface area (Å²) in [6.45, 7) is 4.70. The van der Waals surface area contributed by atoms with Crippen LogP contribution in [0.5, 0.6) is 0 Å². The highest BCUT2D eigenvalue weighted by molar-refractivity contribution is 7.89. The SMILES string of the molecule is C/C(N)=C(/C#N)C(=O)COC(=O)c1cccc(S(=O)(=O)N2C[C@H](C)O[C@@H](C)C2)c1. The van der Waals surface area contributed by atoms with Gasteiger partial charge in [0.2, 0.25) is 15.8 Å². The van der Waals surface area contributed by atoms with Crippen LogP contribution in [0.2, 0.25) is 0 Å². The molecular weight excluding hydrogens is 398 g/mol. The Hall–Kier alpha value is -2.74. The second kappa shape index (κ2) is 9.17. The van der Waals surface area contributed by atoms with Crippen LogP contribution in [0.1, 0.15) is 31.1 Å². The molecule has 1 aromatic rings. The fourth-order valence-electron chi connectivity index (χ4n) is 2.92. The molecule has 9 nitrogen and oxygen atoms in total. The monoisotopic (exact) mass is 421 g/mol. The molecule has 0 spiro atoms. The molecule has 29 heavy (non-hydrogen) atoms. The van der Waals surface area contributed by atoms with E-state index < -0.39 is 28.4 Å². The van der Waals surface area contributed by atoms with Gasteiger partial charge < -0.3 is 15.2 Å². The number of ketones is 1. The molecule has 2 rings (SSSR count). The summed E-state index contributed by atoms with van der Waals surface area (Å²) >= 11 is 0. The lowest BCUT2D eigenvalue weighted by Gasteiger charge is -2.34. The molecule has 1 aliphatic heterocycles. The van der Waals surface area contributed by atoms with Crippen LogP contribution in [-0.4, -0.2) is 56.4 Å². The quantitative estimate of drug-likeness (QED) is 0.407. The van der Waals surface area contributed by atoms with Crippen molar-refractivity contribution in [1.29, 1.82) is 5.26 Å². The normalized spacial score (nSPS) is 21.0. The third-order valence-electron chi connectivity index (χ3n) is 4.21. The first-order valence-corrected chi connectivity index (χ1v) is 10.3. The first kappa shape index (κ1) is 22.5. The summed E-state index contributed by atoms with van der Waals surface area (Å²) in [5.41, 5.74) is 5.15. The van der Waals surface area contributed by atoms with Gasteiger partial charge in [0.15, 0.2) is 6.61 Å². The van der Waals surface area contributed by atoms with Crippen molar-refractivity contribution in [3.8, 4) is 6.07 Å². The van der Waals surface area contributed by atoms with E-state index in [1.165, 1.54) is 35.5 Å². The number of nitrogens with two attached hydrogens (primary N) is 1. The molecule has 1 aliphatic rings. The van der Waals surface area contributed by atoms with Gasteiger partial charge in [-0.05, 0) is 39.0 Å². The van der Waals surface area contributed by atoms with E-state index in [4.69, 9.17) is 20.5 Å². The Morgan fingerprint density at radius 2 is 1.93 bits per heavy atom. The van der Waals surface area contributed by atoms with E-state index in [0.29, 0.717) is 0 Å². The standard InChI is InChI=1S/C19H23N3O6S/c1-12-9-22(10-13(2)28-12)29(25,26)16-6-4-5-15(7-16)19(24)27-11-18(23)17(8-20)14(3)21/h4-7,12-13H,9-11,21H2,1-3H3/b17-14+/t12-,13-/m0/s1. The lowest BCUT2D eigenvalue weighted by Crippen LogP contribution is -2.48. The Morgan fingerprint density at radius 3 is 2.48 bits per heavy atom. The predicted octanol–water partition coefficient (Wildman–Crippen LogP) is 0.967. The number of esters is 1. The Bertz CT molecular complexity index is 966. The minimum atomic E-state index is -3.83. The highest BCUT2D eigenvalue weighted by atomic mass is 32.2. The zero-order valence-corrected chi connectivity index (χ0v) is 17.2. The number of benzene rings is 1. The number of hydrogen-bond donors (Lipinski definition) is 1. The summed E-state index contributed by atoms with van der Waals surface area (Å²) in [5.74, 6) is -1.62. The molecular formula is C19H23N3O6S. The molecule has 1 aromatic carbocycles. The van der Waals surface area contributed by atoms with Gasteiger partial charge in [0, 0.05) is 18.8 Å². The smallest absolute Gasteiger partial charge is 0.338 e. The number of Topliss-reactive ketones (excluding diaryl/α,β-unsaturated/α-hetero) is 1. The van der Waals surface area contributed by atoms with E-state index in [9.17, 15) is 18.0 Å². The van der Waals surface area contributed by atoms with Crippen molar-refractivity contribution in [2.24, 2.45) is 5.73 Å². The molecule has 0 amide bonds. The topological polar surface area (TPSA) is 140 Å². The van der Waals surface area contributed by atoms with Crippen LogP contribution in [0.25, 0.3) is 0 Å². The van der Waals surface area contributed by atoms with E-state index in [1.54, 1.807) is 19.9 Å². The molecule has 1 heterocycles. The molecule has 0 saturated carbocycles. The number of nitrogens with zero attached hydrogens (tertiary/aromatic N) is 2. The fourth-order valence-corrected chi connectivity index (χ4v) is 4.55. The Labute approximate surface area is 169 Å². The van der Waals surface area contributed by atoms with Gasteiger partial charge in [0.1, 0.15) is 11.6 Å². The van der Waals surface area contributed by atoms with Crippen molar-refractivity contribution in [3.63, 3.8) is 0 Å². The Morgan fingerprint density at radius 1 is 1.31 bits per heavy atom. The maximum absolute atomic E-state index is 12.9. The van der Waals surface area contributed by atoms with Gasteiger partial charge in [-0.1, -0.05) is 6.07 Å². The van der Waals surface area contributed by atoms with Crippen molar-refractivity contribution in [1.82, 2.24) is 4.31 Å². The third kappa shape index (κ3) is 5.41. The third-order valence-corrected chi connectivity index (χ3v) is 6.04. The van der Waals surface area contributed by atoms with Crippen LogP contribution < -0.4 is 5.73 Å². The molecule has 1 saturated heterocycles. The highest BCUT2D eigenvalue weighted by Crippen LogP contribution is 2.22. The number of rotatable bonds is 6. The summed E-state index contributed by atoms with van der Waals surface area (Å²) in [7, 11) is -3.83. The molecule has 156 valence electrons. The average Bonchev–Trinajstić information content (AvgIpc) is 2.65. The van der Waals surface area contributed by atoms with E-state index >= 15 is 0 Å². The van der Waals surface area contributed by atoms with Gasteiger partial charge in [0.05, 0.1) is 22.7 Å². The molecule has 1 fully saturated rings. The lowest BCUT2D eigenvalue weighted by atomic mass is 10.1. The fraction of sp³-hybridized carbons (Fsp3) is 0.421. The molecule has 10 heteroatoms. The number of allylic oxidation sites excluding steroid dienone is 1.